The molecule has 2 nitrogen and oxygen atoms in total. The van der Waals surface area contributed by atoms with Crippen LogP contribution in [0.15, 0.2) is 84.5 Å². The molecule has 4 aliphatic carbocycles. The average Bonchev–Trinajstić information content (AvgIpc) is 3.64. The first kappa shape index (κ1) is 47.8. The number of ether oxygens (including phenoxy) is 1. The van der Waals surface area contributed by atoms with E-state index in [0.29, 0.717) is 17.3 Å². The predicted molar refractivity (Wildman–Crippen MR) is 273 cm³/mol. The molecule has 8 rings (SSSR count). The Morgan fingerprint density at radius 2 is 1.25 bits per heavy atom. The van der Waals surface area contributed by atoms with Crippen LogP contribution in [0.1, 0.15) is 202 Å². The Bertz CT molecular complexity index is 1940. The molecule has 4 aliphatic rings. The highest BCUT2D eigenvalue weighted by Crippen LogP contribution is 2.67. The highest BCUT2D eigenvalue weighted by atomic mass is 16.5. The fraction of sp³-hybridized carbons (Fsp3) is 0.656. The van der Waals surface area contributed by atoms with Gasteiger partial charge in [0.25, 0.3) is 0 Å². The lowest BCUT2D eigenvalue weighted by Crippen LogP contribution is -2.51. The summed E-state index contributed by atoms with van der Waals surface area (Å²) in [7, 11) is 0. The van der Waals surface area contributed by atoms with Gasteiger partial charge in [-0.1, -0.05) is 197 Å². The molecule has 8 atom stereocenters. The van der Waals surface area contributed by atoms with E-state index in [0.717, 1.165) is 61.2 Å². The lowest BCUT2D eigenvalue weighted by molar-refractivity contribution is -0.151. The molecule has 0 aromatic heterocycles. The van der Waals surface area contributed by atoms with Crippen LogP contribution in [0.5, 0.6) is 0 Å². The lowest BCUT2D eigenvalue weighted by Gasteiger charge is -2.58. The fourth-order valence-corrected chi connectivity index (χ4v) is 14.0. The summed E-state index contributed by atoms with van der Waals surface area (Å²) in [5, 5.41) is 8.14. The van der Waals surface area contributed by atoms with Crippen LogP contribution in [0.2, 0.25) is 0 Å². The summed E-state index contributed by atoms with van der Waals surface area (Å²) in [5.74, 6) is 5.31. The van der Waals surface area contributed by atoms with Crippen LogP contribution in [-0.4, -0.2) is 12.1 Å². The van der Waals surface area contributed by atoms with Gasteiger partial charge in [0.2, 0.25) is 0 Å². The van der Waals surface area contributed by atoms with Gasteiger partial charge in [-0.2, -0.15) is 0 Å². The smallest absolute Gasteiger partial charge is 0.306 e. The number of hydrogen-bond donors (Lipinski definition) is 0. The molecule has 0 N–H and O–H groups in total. The third kappa shape index (κ3) is 11.6. The Labute approximate surface area is 385 Å². The number of hydrogen-bond acceptors (Lipinski definition) is 2. The van der Waals surface area contributed by atoms with Crippen LogP contribution in [0.25, 0.3) is 32.3 Å². The summed E-state index contributed by atoms with van der Waals surface area (Å²) in [6, 6.07) is 21.9. The van der Waals surface area contributed by atoms with Crippen LogP contribution in [0.3, 0.4) is 0 Å². The van der Waals surface area contributed by atoms with Gasteiger partial charge in [-0.3, -0.25) is 4.79 Å². The monoisotopic (exact) mass is 853 g/mol. The summed E-state index contributed by atoms with van der Waals surface area (Å²) < 4.78 is 6.12. The molecular weight excluding hydrogens is 765 g/mol. The first-order valence-corrected chi connectivity index (χ1v) is 26.8. The first-order chi connectivity index (χ1) is 30.6. The second kappa shape index (κ2) is 22.9. The molecule has 4 aromatic rings. The number of esters is 1. The van der Waals surface area contributed by atoms with Gasteiger partial charge in [0.1, 0.15) is 6.10 Å². The van der Waals surface area contributed by atoms with Gasteiger partial charge in [0.15, 0.2) is 0 Å². The molecular formula is C61H88O2. The van der Waals surface area contributed by atoms with Crippen molar-refractivity contribution in [2.45, 2.75) is 208 Å². The first-order valence-electron chi connectivity index (χ1n) is 26.8. The van der Waals surface area contributed by atoms with Crippen LogP contribution in [-0.2, 0) is 9.53 Å². The zero-order valence-electron chi connectivity index (χ0n) is 41.0. The van der Waals surface area contributed by atoms with Crippen molar-refractivity contribution in [3.8, 4) is 0 Å². The quantitative estimate of drug-likeness (QED) is 0.0361. The maximum Gasteiger partial charge on any atom is 0.306 e. The third-order valence-corrected chi connectivity index (χ3v) is 17.6. The van der Waals surface area contributed by atoms with Crippen molar-refractivity contribution in [2.75, 3.05) is 0 Å². The molecule has 0 aliphatic heterocycles. The molecule has 0 spiro atoms. The number of benzene rings is 4. The van der Waals surface area contributed by atoms with E-state index in [1.165, 1.54) is 161 Å². The van der Waals surface area contributed by atoms with E-state index in [-0.39, 0.29) is 12.1 Å². The van der Waals surface area contributed by atoms with Gasteiger partial charge in [-0.25, -0.2) is 0 Å². The van der Waals surface area contributed by atoms with Crippen molar-refractivity contribution >= 4 is 38.3 Å². The second-order valence-corrected chi connectivity index (χ2v) is 22.3. The molecule has 0 heterocycles. The maximum absolute atomic E-state index is 12.8. The fourth-order valence-electron chi connectivity index (χ4n) is 14.0. The SMILES string of the molecule is CCCCCCCC/C=C\CCCCCCCC(=O)OC1CC[C@@]2(C)C(=CCC3C2CC[C@@]2(C)C3CC[C@@H]2[C@H](C)CCCC(C)C)C1.c1cc2ccc3cccc4ccc(c1)c2c34. The topological polar surface area (TPSA) is 26.3 Å². The van der Waals surface area contributed by atoms with Gasteiger partial charge in [-0.15, -0.1) is 0 Å². The predicted octanol–water partition coefficient (Wildman–Crippen LogP) is 18.6. The van der Waals surface area contributed by atoms with Gasteiger partial charge < -0.3 is 4.74 Å². The molecule has 2 heteroatoms. The van der Waals surface area contributed by atoms with E-state index in [1.54, 1.807) is 5.57 Å². The Morgan fingerprint density at radius 1 is 0.667 bits per heavy atom. The van der Waals surface area contributed by atoms with Gasteiger partial charge >= 0.3 is 5.97 Å². The zero-order valence-corrected chi connectivity index (χ0v) is 41.0. The molecule has 0 amide bonds. The number of unbranched alkanes of at least 4 members (excludes halogenated alkanes) is 11. The third-order valence-electron chi connectivity index (χ3n) is 17.6. The van der Waals surface area contributed by atoms with Crippen molar-refractivity contribution in [3.63, 3.8) is 0 Å². The summed E-state index contributed by atoms with van der Waals surface area (Å²) in [6.45, 7) is 14.9. The van der Waals surface area contributed by atoms with Crippen LogP contribution >= 0.6 is 0 Å². The molecule has 4 unspecified atom stereocenters. The minimum Gasteiger partial charge on any atom is -0.462 e. The van der Waals surface area contributed by atoms with Crippen molar-refractivity contribution in [1.29, 1.82) is 0 Å². The molecule has 344 valence electrons. The second-order valence-electron chi connectivity index (χ2n) is 22.3. The zero-order chi connectivity index (χ0) is 44.2. The maximum atomic E-state index is 12.8. The normalized spacial score (nSPS) is 27.3. The van der Waals surface area contributed by atoms with E-state index < -0.39 is 0 Å². The Kier molecular flexibility index (Phi) is 17.4. The summed E-state index contributed by atoms with van der Waals surface area (Å²) in [5.41, 5.74) is 2.53. The van der Waals surface area contributed by atoms with Crippen LogP contribution in [0.4, 0.5) is 0 Å². The van der Waals surface area contributed by atoms with Gasteiger partial charge in [0, 0.05) is 12.8 Å². The van der Waals surface area contributed by atoms with Crippen LogP contribution in [0, 0.1) is 46.3 Å². The summed E-state index contributed by atoms with van der Waals surface area (Å²) >= 11 is 0. The van der Waals surface area contributed by atoms with E-state index >= 15 is 0 Å². The Balaban J connectivity index is 0.000000304. The highest BCUT2D eigenvalue weighted by Gasteiger charge is 2.59. The van der Waals surface area contributed by atoms with E-state index in [4.69, 9.17) is 4.74 Å². The molecule has 63 heavy (non-hydrogen) atoms. The molecule has 3 fully saturated rings. The minimum absolute atomic E-state index is 0.0541. The lowest BCUT2D eigenvalue weighted by atomic mass is 9.47. The Hall–Kier alpha value is -3.13. The Morgan fingerprint density at radius 3 is 1.86 bits per heavy atom. The van der Waals surface area contributed by atoms with E-state index in [1.807, 2.05) is 0 Å². The van der Waals surface area contributed by atoms with Crippen molar-refractivity contribution in [3.05, 3.63) is 84.5 Å². The van der Waals surface area contributed by atoms with E-state index in [2.05, 4.69) is 120 Å². The molecule has 0 bridgehead atoms. The van der Waals surface area contributed by atoms with Crippen molar-refractivity contribution in [2.24, 2.45) is 46.3 Å². The van der Waals surface area contributed by atoms with E-state index in [9.17, 15) is 4.79 Å². The molecule has 3 saturated carbocycles. The summed E-state index contributed by atoms with van der Waals surface area (Å²) in [6.07, 6.45) is 39.5. The number of rotatable bonds is 21. The van der Waals surface area contributed by atoms with Crippen molar-refractivity contribution < 1.29 is 9.53 Å². The standard InChI is InChI=1S/C45H78O2.C16H10/c1-7-8-9-10-11-12-13-14-15-16-17-18-19-20-21-25-43(46)47-38-30-32-44(5)37(34-38)26-27-39-41-29-28-40(36(4)24-22-23-35(2)3)45(41,6)33-31-42(39)44;1-3-11-7-9-13-5-2-6-14-10-8-12(4-1)15(11)16(13)14/h14-15,26,35-36,38-42H,7-13,16-25,27-34H2,1-6H3;1-10H/b15-14-;/t36-,38?,39?,40-,41?,42?,44+,45-;/m1./s1. The largest absolute Gasteiger partial charge is 0.462 e. The van der Waals surface area contributed by atoms with Crippen molar-refractivity contribution in [1.82, 2.24) is 0 Å². The van der Waals surface area contributed by atoms with Gasteiger partial charge in [0.05, 0.1) is 0 Å². The number of allylic oxidation sites excluding steroid dienone is 3. The summed E-state index contributed by atoms with van der Waals surface area (Å²) in [4.78, 5) is 12.8. The number of carbonyl (C=O) groups is 1. The molecule has 0 saturated heterocycles. The average molecular weight is 853 g/mol. The van der Waals surface area contributed by atoms with Gasteiger partial charge in [-0.05, 0) is 156 Å². The number of carbonyl (C=O) groups excluding carboxylic acids is 1. The van der Waals surface area contributed by atoms with Crippen LogP contribution < -0.4 is 0 Å². The number of fused-ring (bicyclic) bond motifs is 5. The minimum atomic E-state index is 0.0541. The molecule has 4 aromatic carbocycles. The molecule has 0 radical (unpaired) electrons. The highest BCUT2D eigenvalue weighted by molar-refractivity contribution is 6.22.